The Labute approximate surface area is 74.0 Å². The van der Waals surface area contributed by atoms with Crippen LogP contribution in [0.1, 0.15) is 0 Å². The Balaban J connectivity index is 2.90. The van der Waals surface area contributed by atoms with E-state index in [1.54, 1.807) is 11.3 Å². The summed E-state index contributed by atoms with van der Waals surface area (Å²) in [5, 5.41) is 0.811. The molecule has 0 spiro atoms. The standard InChI is InChI=1S/C5H3BrN2S2/c6-3-1-2-4(9-3)5(7)10-8-2/h1H,7H2. The largest absolute Gasteiger partial charge is 0.388 e. The molecular weight excluding hydrogens is 232 g/mol. The predicted molar refractivity (Wildman–Crippen MR) is 49.6 cm³/mol. The van der Waals surface area contributed by atoms with E-state index in [2.05, 4.69) is 20.3 Å². The average Bonchev–Trinajstić information content (AvgIpc) is 2.35. The Morgan fingerprint density at radius 1 is 1.60 bits per heavy atom. The zero-order valence-electron chi connectivity index (χ0n) is 4.80. The maximum atomic E-state index is 5.64. The molecule has 0 amide bonds. The summed E-state index contributed by atoms with van der Waals surface area (Å²) in [4.78, 5) is 0. The van der Waals surface area contributed by atoms with Gasteiger partial charge in [-0.05, 0) is 33.5 Å². The van der Waals surface area contributed by atoms with Gasteiger partial charge in [0, 0.05) is 0 Å². The minimum Gasteiger partial charge on any atom is -0.388 e. The second-order valence-electron chi connectivity index (χ2n) is 1.81. The van der Waals surface area contributed by atoms with Crippen LogP contribution in [0, 0.1) is 0 Å². The normalized spacial score (nSPS) is 10.9. The van der Waals surface area contributed by atoms with Crippen molar-refractivity contribution in [3.05, 3.63) is 9.85 Å². The van der Waals surface area contributed by atoms with E-state index < -0.39 is 0 Å². The van der Waals surface area contributed by atoms with Gasteiger partial charge >= 0.3 is 0 Å². The van der Waals surface area contributed by atoms with Crippen LogP contribution in [0.4, 0.5) is 5.00 Å². The summed E-state index contributed by atoms with van der Waals surface area (Å²) < 4.78 is 6.32. The van der Waals surface area contributed by atoms with E-state index in [0.29, 0.717) is 0 Å². The van der Waals surface area contributed by atoms with Crippen LogP contribution in [0.3, 0.4) is 0 Å². The smallest absolute Gasteiger partial charge is 0.124 e. The summed E-state index contributed by atoms with van der Waals surface area (Å²) >= 11 is 6.34. The number of nitrogen functional groups attached to an aromatic ring is 1. The molecule has 0 aliphatic rings. The van der Waals surface area contributed by atoms with Crippen molar-refractivity contribution < 1.29 is 0 Å². The lowest BCUT2D eigenvalue weighted by Gasteiger charge is -1.76. The summed E-state index contributed by atoms with van der Waals surface area (Å²) in [6, 6.07) is 1.98. The number of hydrogen-bond acceptors (Lipinski definition) is 4. The highest BCUT2D eigenvalue weighted by molar-refractivity contribution is 9.11. The molecule has 2 aromatic rings. The molecule has 2 N–H and O–H groups in total. The predicted octanol–water partition coefficient (Wildman–Crippen LogP) is 2.70. The summed E-state index contributed by atoms with van der Waals surface area (Å²) in [5.74, 6) is 0. The van der Waals surface area contributed by atoms with Gasteiger partial charge in [0.2, 0.25) is 0 Å². The first-order chi connectivity index (χ1) is 4.77. The van der Waals surface area contributed by atoms with Crippen molar-refractivity contribution in [2.75, 3.05) is 5.73 Å². The number of rotatable bonds is 0. The highest BCUT2D eigenvalue weighted by Crippen LogP contribution is 2.35. The molecule has 0 radical (unpaired) electrons. The number of anilines is 1. The van der Waals surface area contributed by atoms with Crippen molar-refractivity contribution in [1.82, 2.24) is 4.37 Å². The fourth-order valence-electron chi connectivity index (χ4n) is 0.736. The Bertz CT molecular complexity index is 364. The van der Waals surface area contributed by atoms with E-state index >= 15 is 0 Å². The third-order valence-corrected chi connectivity index (χ3v) is 3.63. The topological polar surface area (TPSA) is 38.9 Å². The number of aromatic nitrogens is 1. The van der Waals surface area contributed by atoms with Crippen molar-refractivity contribution in [3.63, 3.8) is 0 Å². The van der Waals surface area contributed by atoms with Crippen LogP contribution in [0.5, 0.6) is 0 Å². The molecule has 0 saturated heterocycles. The Morgan fingerprint density at radius 2 is 2.40 bits per heavy atom. The van der Waals surface area contributed by atoms with E-state index in [4.69, 9.17) is 5.73 Å². The minimum absolute atomic E-state index is 0.811. The van der Waals surface area contributed by atoms with Crippen LogP contribution in [0.15, 0.2) is 9.85 Å². The molecule has 0 aliphatic carbocycles. The molecule has 0 fully saturated rings. The first kappa shape index (κ1) is 6.57. The zero-order chi connectivity index (χ0) is 7.14. The van der Waals surface area contributed by atoms with Crippen molar-refractivity contribution >= 4 is 54.0 Å². The fourth-order valence-corrected chi connectivity index (χ4v) is 2.94. The van der Waals surface area contributed by atoms with Gasteiger partial charge in [0.25, 0.3) is 0 Å². The van der Waals surface area contributed by atoms with Gasteiger partial charge in [0.05, 0.1) is 14.0 Å². The molecule has 2 nitrogen and oxygen atoms in total. The van der Waals surface area contributed by atoms with E-state index in [1.807, 2.05) is 6.07 Å². The van der Waals surface area contributed by atoms with Crippen molar-refractivity contribution in [2.45, 2.75) is 0 Å². The van der Waals surface area contributed by atoms with Crippen LogP contribution in [0.2, 0.25) is 0 Å². The number of nitrogens with two attached hydrogens (primary N) is 1. The molecule has 0 atom stereocenters. The Hall–Kier alpha value is -0.130. The first-order valence-electron chi connectivity index (χ1n) is 2.57. The summed E-state index contributed by atoms with van der Waals surface area (Å²) in [6.07, 6.45) is 0. The lowest BCUT2D eigenvalue weighted by molar-refractivity contribution is 1.70. The van der Waals surface area contributed by atoms with Crippen LogP contribution >= 0.6 is 38.8 Å². The lowest BCUT2D eigenvalue weighted by Crippen LogP contribution is -1.73. The number of hydrogen-bond donors (Lipinski definition) is 1. The summed E-state index contributed by atoms with van der Waals surface area (Å²) in [5.41, 5.74) is 6.63. The van der Waals surface area contributed by atoms with Gasteiger partial charge < -0.3 is 5.73 Å². The molecule has 10 heavy (non-hydrogen) atoms. The molecular formula is C5H3BrN2S2. The zero-order valence-corrected chi connectivity index (χ0v) is 8.02. The maximum Gasteiger partial charge on any atom is 0.124 e. The molecule has 0 bridgehead atoms. The molecule has 0 aromatic carbocycles. The molecule has 2 heterocycles. The maximum absolute atomic E-state index is 5.64. The quantitative estimate of drug-likeness (QED) is 0.762. The Kier molecular flexibility index (Phi) is 1.43. The van der Waals surface area contributed by atoms with Crippen LogP contribution < -0.4 is 5.73 Å². The van der Waals surface area contributed by atoms with Crippen LogP contribution in [-0.4, -0.2) is 4.37 Å². The van der Waals surface area contributed by atoms with Gasteiger partial charge in [-0.15, -0.1) is 11.3 Å². The number of thiophene rings is 1. The SMILES string of the molecule is Nc1snc2cc(Br)sc12. The van der Waals surface area contributed by atoms with Crippen LogP contribution in [0.25, 0.3) is 10.2 Å². The third kappa shape index (κ3) is 0.853. The van der Waals surface area contributed by atoms with E-state index in [-0.39, 0.29) is 0 Å². The lowest BCUT2D eigenvalue weighted by atomic mass is 10.5. The molecule has 2 rings (SSSR count). The summed E-state index contributed by atoms with van der Waals surface area (Å²) in [6.45, 7) is 0. The van der Waals surface area contributed by atoms with E-state index in [1.165, 1.54) is 11.5 Å². The molecule has 2 aromatic heterocycles. The Morgan fingerprint density at radius 3 is 3.10 bits per heavy atom. The van der Waals surface area contributed by atoms with Crippen LogP contribution in [-0.2, 0) is 0 Å². The molecule has 52 valence electrons. The van der Waals surface area contributed by atoms with Gasteiger partial charge in [0.15, 0.2) is 0 Å². The average molecular weight is 235 g/mol. The number of fused-ring (bicyclic) bond motifs is 1. The van der Waals surface area contributed by atoms with E-state index in [0.717, 1.165) is 19.0 Å². The van der Waals surface area contributed by atoms with Gasteiger partial charge in [0.1, 0.15) is 5.00 Å². The molecule has 0 unspecified atom stereocenters. The molecule has 0 saturated carbocycles. The van der Waals surface area contributed by atoms with Crippen molar-refractivity contribution in [2.24, 2.45) is 0 Å². The first-order valence-corrected chi connectivity index (χ1v) is 4.96. The molecule has 0 aliphatic heterocycles. The van der Waals surface area contributed by atoms with E-state index in [9.17, 15) is 0 Å². The second-order valence-corrected chi connectivity index (χ2v) is 5.05. The van der Waals surface area contributed by atoms with Crippen molar-refractivity contribution in [1.29, 1.82) is 0 Å². The highest BCUT2D eigenvalue weighted by Gasteiger charge is 2.05. The fraction of sp³-hybridized carbons (Fsp3) is 0. The monoisotopic (exact) mass is 234 g/mol. The number of halogens is 1. The number of nitrogens with zero attached hydrogens (tertiary/aromatic N) is 1. The summed E-state index contributed by atoms with van der Waals surface area (Å²) in [7, 11) is 0. The highest BCUT2D eigenvalue weighted by atomic mass is 79.9. The van der Waals surface area contributed by atoms with Crippen molar-refractivity contribution in [3.8, 4) is 0 Å². The van der Waals surface area contributed by atoms with Gasteiger partial charge in [-0.2, -0.15) is 4.37 Å². The van der Waals surface area contributed by atoms with Gasteiger partial charge in [-0.1, -0.05) is 0 Å². The van der Waals surface area contributed by atoms with Gasteiger partial charge in [-0.3, -0.25) is 0 Å². The molecule has 5 heteroatoms. The second kappa shape index (κ2) is 2.18. The minimum atomic E-state index is 0.811. The van der Waals surface area contributed by atoms with Gasteiger partial charge in [-0.25, -0.2) is 0 Å². The third-order valence-electron chi connectivity index (χ3n) is 1.15.